The Bertz CT molecular complexity index is 369. The van der Waals surface area contributed by atoms with Crippen LogP contribution in [0, 0.1) is 10.1 Å². The molecule has 0 saturated heterocycles. The van der Waals surface area contributed by atoms with Gasteiger partial charge in [0.15, 0.2) is 0 Å². The molecule has 0 atom stereocenters. The van der Waals surface area contributed by atoms with Gasteiger partial charge in [0.25, 0.3) is 0 Å². The molecule has 0 fully saturated rings. The molecule has 0 aliphatic heterocycles. The molecule has 0 aliphatic rings. The Hall–Kier alpha value is -1.85. The van der Waals surface area contributed by atoms with Crippen LogP contribution in [0.2, 0.25) is 0 Å². The summed E-state index contributed by atoms with van der Waals surface area (Å²) in [5.41, 5.74) is -0.261. The van der Waals surface area contributed by atoms with Gasteiger partial charge in [-0.25, -0.2) is 4.79 Å². The fraction of sp³-hybridized carbons (Fsp3) is 0.375. The summed E-state index contributed by atoms with van der Waals surface area (Å²) >= 11 is 0. The lowest BCUT2D eigenvalue weighted by atomic mass is 10.4. The van der Waals surface area contributed by atoms with Gasteiger partial charge in [0, 0.05) is 19.3 Å². The van der Waals surface area contributed by atoms with E-state index in [4.69, 9.17) is 4.74 Å². The molecule has 6 heteroatoms. The smallest absolute Gasteiger partial charge is 0.362 e. The predicted molar refractivity (Wildman–Crippen MR) is 48.0 cm³/mol. The highest BCUT2D eigenvalue weighted by molar-refractivity contribution is 5.92. The summed E-state index contributed by atoms with van der Waals surface area (Å²) in [7, 11) is 1.55. The minimum absolute atomic E-state index is 0.0307. The summed E-state index contributed by atoms with van der Waals surface area (Å²) in [5.74, 6) is -0.674. The first-order valence-corrected chi connectivity index (χ1v) is 4.04. The van der Waals surface area contributed by atoms with Gasteiger partial charge >= 0.3 is 11.7 Å². The molecule has 0 radical (unpaired) electrons. The third-order valence-corrected chi connectivity index (χ3v) is 1.72. The van der Waals surface area contributed by atoms with Crippen LogP contribution in [0.25, 0.3) is 0 Å². The molecule has 0 N–H and O–H groups in total. The zero-order chi connectivity index (χ0) is 10.7. The number of aromatic nitrogens is 1. The first-order chi connectivity index (χ1) is 6.57. The molecule has 0 aromatic carbocycles. The lowest BCUT2D eigenvalue weighted by molar-refractivity contribution is -0.385. The topological polar surface area (TPSA) is 74.4 Å². The summed E-state index contributed by atoms with van der Waals surface area (Å²) in [6, 6.07) is 1.27. The maximum Gasteiger partial charge on any atom is 0.362 e. The minimum Gasteiger partial charge on any atom is -0.461 e. The van der Waals surface area contributed by atoms with Crippen LogP contribution in [0.4, 0.5) is 5.69 Å². The summed E-state index contributed by atoms with van der Waals surface area (Å²) in [4.78, 5) is 21.2. The molecule has 76 valence electrons. The van der Waals surface area contributed by atoms with E-state index in [2.05, 4.69) is 0 Å². The predicted octanol–water partition coefficient (Wildman–Crippen LogP) is 1.11. The number of nitro groups is 1. The normalized spacial score (nSPS) is 9.86. The van der Waals surface area contributed by atoms with Gasteiger partial charge in [0.05, 0.1) is 11.5 Å². The van der Waals surface area contributed by atoms with Crippen LogP contribution in [0.15, 0.2) is 12.3 Å². The second-order valence-corrected chi connectivity index (χ2v) is 2.64. The number of esters is 1. The maximum absolute atomic E-state index is 11.3. The quantitative estimate of drug-likeness (QED) is 0.414. The van der Waals surface area contributed by atoms with Crippen molar-refractivity contribution in [2.75, 3.05) is 6.61 Å². The number of hydrogen-bond acceptors (Lipinski definition) is 4. The Balaban J connectivity index is 3.11. The molecule has 0 amide bonds. The molecule has 1 rings (SSSR count). The number of hydrogen-bond donors (Lipinski definition) is 0. The fourth-order valence-electron chi connectivity index (χ4n) is 1.11. The average Bonchev–Trinajstić information content (AvgIpc) is 2.47. The van der Waals surface area contributed by atoms with Crippen molar-refractivity contribution < 1.29 is 14.5 Å². The van der Waals surface area contributed by atoms with Gasteiger partial charge < -0.3 is 9.30 Å². The van der Waals surface area contributed by atoms with Crippen molar-refractivity contribution in [2.45, 2.75) is 6.92 Å². The molecular weight excluding hydrogens is 188 g/mol. The van der Waals surface area contributed by atoms with Crippen molar-refractivity contribution in [3.05, 3.63) is 28.1 Å². The van der Waals surface area contributed by atoms with Crippen LogP contribution in [0.3, 0.4) is 0 Å². The van der Waals surface area contributed by atoms with Crippen molar-refractivity contribution in [3.8, 4) is 0 Å². The molecule has 0 unspecified atom stereocenters. The van der Waals surface area contributed by atoms with Gasteiger partial charge in [-0.15, -0.1) is 0 Å². The lowest BCUT2D eigenvalue weighted by Gasteiger charge is -2.01. The Morgan fingerprint density at radius 2 is 2.36 bits per heavy atom. The number of rotatable bonds is 3. The van der Waals surface area contributed by atoms with Gasteiger partial charge in [-0.2, -0.15) is 0 Å². The van der Waals surface area contributed by atoms with Crippen LogP contribution in [0.1, 0.15) is 17.4 Å². The summed E-state index contributed by atoms with van der Waals surface area (Å²) < 4.78 is 6.06. The molecule has 14 heavy (non-hydrogen) atoms. The number of carbonyl (C=O) groups is 1. The maximum atomic E-state index is 11.3. The first-order valence-electron chi connectivity index (χ1n) is 4.04. The highest BCUT2D eigenvalue weighted by atomic mass is 16.6. The Labute approximate surface area is 80.2 Å². The van der Waals surface area contributed by atoms with E-state index in [1.165, 1.54) is 16.8 Å². The molecule has 0 saturated carbocycles. The number of nitrogens with zero attached hydrogens (tertiary/aromatic N) is 2. The van der Waals surface area contributed by atoms with Crippen molar-refractivity contribution in [3.63, 3.8) is 0 Å². The van der Waals surface area contributed by atoms with Crippen molar-refractivity contribution >= 4 is 11.7 Å². The minimum atomic E-state index is -0.674. The molecular formula is C8H10N2O4. The van der Waals surface area contributed by atoms with Gasteiger partial charge in [-0.3, -0.25) is 10.1 Å². The van der Waals surface area contributed by atoms with E-state index >= 15 is 0 Å². The van der Waals surface area contributed by atoms with Crippen molar-refractivity contribution in [1.29, 1.82) is 0 Å². The zero-order valence-corrected chi connectivity index (χ0v) is 7.89. The van der Waals surface area contributed by atoms with Gasteiger partial charge in [-0.1, -0.05) is 0 Å². The van der Waals surface area contributed by atoms with Gasteiger partial charge in [0.2, 0.25) is 5.69 Å². The Kier molecular flexibility index (Phi) is 2.85. The highest BCUT2D eigenvalue weighted by Gasteiger charge is 2.24. The monoisotopic (exact) mass is 198 g/mol. The Morgan fingerprint density at radius 3 is 2.86 bits per heavy atom. The molecule has 1 aromatic heterocycles. The van der Waals surface area contributed by atoms with E-state index in [0.29, 0.717) is 0 Å². The number of carbonyl (C=O) groups excluding carboxylic acids is 1. The van der Waals surface area contributed by atoms with Crippen molar-refractivity contribution in [1.82, 2.24) is 4.57 Å². The van der Waals surface area contributed by atoms with E-state index in [0.717, 1.165) is 0 Å². The molecule has 0 spiro atoms. The second-order valence-electron chi connectivity index (χ2n) is 2.64. The van der Waals surface area contributed by atoms with Crippen LogP contribution in [-0.2, 0) is 11.8 Å². The van der Waals surface area contributed by atoms with Crippen LogP contribution < -0.4 is 0 Å². The van der Waals surface area contributed by atoms with Crippen molar-refractivity contribution in [2.24, 2.45) is 7.05 Å². The zero-order valence-electron chi connectivity index (χ0n) is 7.89. The lowest BCUT2D eigenvalue weighted by Crippen LogP contribution is -2.11. The number of ether oxygens (including phenoxy) is 1. The van der Waals surface area contributed by atoms with Gasteiger partial charge in [0.1, 0.15) is 0 Å². The summed E-state index contributed by atoms with van der Waals surface area (Å²) in [6.45, 7) is 1.84. The average molecular weight is 198 g/mol. The SMILES string of the molecule is CCOC(=O)c1c([N+](=O)[O-])ccn1C. The molecule has 0 aliphatic carbocycles. The van der Waals surface area contributed by atoms with Crippen LogP contribution in [0.5, 0.6) is 0 Å². The fourth-order valence-corrected chi connectivity index (χ4v) is 1.11. The van der Waals surface area contributed by atoms with Crippen LogP contribution >= 0.6 is 0 Å². The molecule has 6 nitrogen and oxygen atoms in total. The van der Waals surface area contributed by atoms with E-state index < -0.39 is 10.9 Å². The van der Waals surface area contributed by atoms with E-state index in [1.54, 1.807) is 14.0 Å². The highest BCUT2D eigenvalue weighted by Crippen LogP contribution is 2.19. The summed E-state index contributed by atoms with van der Waals surface area (Å²) in [5, 5.41) is 10.5. The summed E-state index contributed by atoms with van der Waals surface area (Å²) in [6.07, 6.45) is 1.45. The first kappa shape index (κ1) is 10.2. The van der Waals surface area contributed by atoms with E-state index in [-0.39, 0.29) is 18.0 Å². The number of aryl methyl sites for hydroxylation is 1. The van der Waals surface area contributed by atoms with Crippen LogP contribution in [-0.4, -0.2) is 22.1 Å². The largest absolute Gasteiger partial charge is 0.461 e. The Morgan fingerprint density at radius 1 is 1.71 bits per heavy atom. The molecule has 0 bridgehead atoms. The third kappa shape index (κ3) is 1.73. The standard InChI is InChI=1S/C8H10N2O4/c1-3-14-8(11)7-6(10(12)13)4-5-9(7)2/h4-5H,3H2,1-2H3. The third-order valence-electron chi connectivity index (χ3n) is 1.72. The molecule has 1 aromatic rings. The molecule has 1 heterocycles. The van der Waals surface area contributed by atoms with E-state index in [1.807, 2.05) is 0 Å². The second kappa shape index (κ2) is 3.91. The van der Waals surface area contributed by atoms with Gasteiger partial charge in [-0.05, 0) is 6.92 Å². The van der Waals surface area contributed by atoms with E-state index in [9.17, 15) is 14.9 Å².